The molecule has 0 spiro atoms. The van der Waals surface area contributed by atoms with E-state index in [9.17, 15) is 20.3 Å². The molecular weight excluding hydrogens is 292 g/mol. The third kappa shape index (κ3) is 2.91. The summed E-state index contributed by atoms with van der Waals surface area (Å²) >= 11 is 0. The van der Waals surface area contributed by atoms with Crippen molar-refractivity contribution < 1.29 is 15.0 Å². The second-order valence-corrected chi connectivity index (χ2v) is 6.66. The van der Waals surface area contributed by atoms with Gasteiger partial charge in [-0.1, -0.05) is 19.9 Å². The maximum Gasteiger partial charge on any atom is 0.408 e. The molecule has 23 heavy (non-hydrogen) atoms. The second-order valence-electron chi connectivity index (χ2n) is 6.66. The predicted molar refractivity (Wildman–Crippen MR) is 87.2 cm³/mol. The smallest absolute Gasteiger partial charge is 0.408 e. The summed E-state index contributed by atoms with van der Waals surface area (Å²) in [6, 6.07) is 5.85. The van der Waals surface area contributed by atoms with Gasteiger partial charge in [-0.2, -0.15) is 5.26 Å². The van der Waals surface area contributed by atoms with E-state index in [2.05, 4.69) is 19.9 Å². The summed E-state index contributed by atoms with van der Waals surface area (Å²) in [5.41, 5.74) is 2.86. The largest absolute Gasteiger partial charge is 0.465 e. The Morgan fingerprint density at radius 3 is 2.70 bits per heavy atom. The Morgan fingerprint density at radius 1 is 1.48 bits per heavy atom. The predicted octanol–water partition coefficient (Wildman–Crippen LogP) is 3.03. The van der Waals surface area contributed by atoms with E-state index in [1.54, 1.807) is 6.07 Å². The topological polar surface area (TPSA) is 84.6 Å². The highest BCUT2D eigenvalue weighted by Gasteiger charge is 2.45. The molecule has 0 fully saturated rings. The molecule has 1 aromatic rings. The van der Waals surface area contributed by atoms with Gasteiger partial charge in [0.05, 0.1) is 17.2 Å². The molecule has 2 N–H and O–H groups in total. The Balaban J connectivity index is 2.70. The third-order valence-electron chi connectivity index (χ3n) is 4.82. The molecule has 1 aromatic carbocycles. The van der Waals surface area contributed by atoms with Crippen LogP contribution in [0.2, 0.25) is 0 Å². The number of rotatable bonds is 4. The summed E-state index contributed by atoms with van der Waals surface area (Å²) in [6.45, 7) is 6.36. The van der Waals surface area contributed by atoms with Gasteiger partial charge < -0.3 is 10.2 Å². The SMILES string of the molecule is Cc1c(C#N)ccc2c1CCN(C(=O)O)C2(CCO)CC(C)C. The molecule has 5 nitrogen and oxygen atoms in total. The first-order chi connectivity index (χ1) is 10.9. The summed E-state index contributed by atoms with van der Waals surface area (Å²) in [4.78, 5) is 13.3. The Labute approximate surface area is 137 Å². The quantitative estimate of drug-likeness (QED) is 0.894. The molecule has 1 amide bonds. The zero-order chi connectivity index (χ0) is 17.2. The van der Waals surface area contributed by atoms with Gasteiger partial charge in [-0.05, 0) is 54.9 Å². The average Bonchev–Trinajstić information content (AvgIpc) is 2.47. The average molecular weight is 316 g/mol. The van der Waals surface area contributed by atoms with E-state index in [1.807, 2.05) is 13.0 Å². The van der Waals surface area contributed by atoms with Crippen LogP contribution in [0, 0.1) is 24.2 Å². The summed E-state index contributed by atoms with van der Waals surface area (Å²) in [7, 11) is 0. The van der Waals surface area contributed by atoms with Crippen molar-refractivity contribution in [1.82, 2.24) is 4.90 Å². The fraction of sp³-hybridized carbons (Fsp3) is 0.556. The van der Waals surface area contributed by atoms with Gasteiger partial charge in [-0.25, -0.2) is 4.79 Å². The first-order valence-corrected chi connectivity index (χ1v) is 8.02. The van der Waals surface area contributed by atoms with Gasteiger partial charge in [0.2, 0.25) is 0 Å². The molecule has 0 aromatic heterocycles. The molecule has 1 aliphatic rings. The van der Waals surface area contributed by atoms with Gasteiger partial charge in [-0.3, -0.25) is 4.90 Å². The van der Waals surface area contributed by atoms with Gasteiger partial charge in [0, 0.05) is 13.2 Å². The van der Waals surface area contributed by atoms with Crippen LogP contribution in [0.5, 0.6) is 0 Å². The van der Waals surface area contributed by atoms with Crippen LogP contribution in [0.3, 0.4) is 0 Å². The lowest BCUT2D eigenvalue weighted by molar-refractivity contribution is 0.0334. The Bertz CT molecular complexity index is 648. The minimum absolute atomic E-state index is 0.0744. The van der Waals surface area contributed by atoms with Gasteiger partial charge in [0.1, 0.15) is 0 Å². The number of nitriles is 1. The third-order valence-corrected chi connectivity index (χ3v) is 4.82. The van der Waals surface area contributed by atoms with E-state index in [-0.39, 0.29) is 12.5 Å². The van der Waals surface area contributed by atoms with Gasteiger partial charge in [0.15, 0.2) is 0 Å². The molecule has 1 heterocycles. The molecule has 5 heteroatoms. The Kier molecular flexibility index (Phi) is 4.96. The highest BCUT2D eigenvalue weighted by Crippen LogP contribution is 2.44. The normalized spacial score (nSPS) is 20.3. The van der Waals surface area contributed by atoms with Crippen molar-refractivity contribution in [2.45, 2.75) is 45.6 Å². The number of hydrogen-bond acceptors (Lipinski definition) is 3. The van der Waals surface area contributed by atoms with Crippen LogP contribution in [-0.2, 0) is 12.0 Å². The zero-order valence-corrected chi connectivity index (χ0v) is 14.0. The van der Waals surface area contributed by atoms with Crippen molar-refractivity contribution >= 4 is 6.09 Å². The van der Waals surface area contributed by atoms with E-state index >= 15 is 0 Å². The van der Waals surface area contributed by atoms with Crippen LogP contribution in [-0.4, -0.2) is 34.4 Å². The molecule has 0 aliphatic carbocycles. The molecule has 124 valence electrons. The number of aliphatic hydroxyl groups excluding tert-OH is 1. The highest BCUT2D eigenvalue weighted by molar-refractivity contribution is 5.68. The number of benzene rings is 1. The molecule has 0 radical (unpaired) electrons. The van der Waals surface area contributed by atoms with E-state index in [0.717, 1.165) is 16.7 Å². The molecule has 1 unspecified atom stereocenters. The summed E-state index contributed by atoms with van der Waals surface area (Å²) in [6.07, 6.45) is 0.675. The van der Waals surface area contributed by atoms with Crippen molar-refractivity contribution in [2.24, 2.45) is 5.92 Å². The number of amides is 1. The van der Waals surface area contributed by atoms with Crippen molar-refractivity contribution in [3.8, 4) is 6.07 Å². The Morgan fingerprint density at radius 2 is 2.17 bits per heavy atom. The van der Waals surface area contributed by atoms with E-state index in [1.165, 1.54) is 4.90 Å². The lowest BCUT2D eigenvalue weighted by Crippen LogP contribution is -2.54. The monoisotopic (exact) mass is 316 g/mol. The highest BCUT2D eigenvalue weighted by atomic mass is 16.4. The number of carboxylic acid groups (broad SMARTS) is 1. The maximum atomic E-state index is 11.8. The fourth-order valence-electron chi connectivity index (χ4n) is 3.95. The lowest BCUT2D eigenvalue weighted by Gasteiger charge is -2.48. The van der Waals surface area contributed by atoms with Gasteiger partial charge in [-0.15, -0.1) is 0 Å². The van der Waals surface area contributed by atoms with Gasteiger partial charge >= 0.3 is 6.09 Å². The minimum Gasteiger partial charge on any atom is -0.465 e. The van der Waals surface area contributed by atoms with Crippen molar-refractivity contribution in [3.05, 3.63) is 34.4 Å². The summed E-state index contributed by atoms with van der Waals surface area (Å²) in [5.74, 6) is 0.283. The first-order valence-electron chi connectivity index (χ1n) is 8.02. The molecule has 2 rings (SSSR count). The molecule has 1 aliphatic heterocycles. The molecule has 1 atom stereocenters. The lowest BCUT2D eigenvalue weighted by atomic mass is 9.72. The summed E-state index contributed by atoms with van der Waals surface area (Å²) < 4.78 is 0. The fourth-order valence-corrected chi connectivity index (χ4v) is 3.95. The number of carbonyl (C=O) groups is 1. The molecule has 0 saturated carbocycles. The van der Waals surface area contributed by atoms with Crippen LogP contribution in [0.1, 0.15) is 48.9 Å². The van der Waals surface area contributed by atoms with E-state index in [0.29, 0.717) is 31.4 Å². The number of fused-ring (bicyclic) bond motifs is 1. The minimum atomic E-state index is -0.952. The standard InChI is InChI=1S/C18H24N2O3/c1-12(2)10-18(7-9-21)16-5-4-14(11-19)13(3)15(16)6-8-20(18)17(22)23/h4-5,12,21H,6-10H2,1-3H3,(H,22,23). The Hall–Kier alpha value is -2.06. The van der Waals surface area contributed by atoms with Crippen molar-refractivity contribution in [1.29, 1.82) is 5.26 Å². The number of aliphatic hydroxyl groups is 1. The van der Waals surface area contributed by atoms with E-state index in [4.69, 9.17) is 0 Å². The number of nitrogens with zero attached hydrogens (tertiary/aromatic N) is 2. The van der Waals surface area contributed by atoms with Crippen molar-refractivity contribution in [3.63, 3.8) is 0 Å². The van der Waals surface area contributed by atoms with Gasteiger partial charge in [0.25, 0.3) is 0 Å². The summed E-state index contributed by atoms with van der Waals surface area (Å²) in [5, 5.41) is 28.6. The van der Waals surface area contributed by atoms with Crippen LogP contribution < -0.4 is 0 Å². The van der Waals surface area contributed by atoms with Crippen LogP contribution in [0.15, 0.2) is 12.1 Å². The van der Waals surface area contributed by atoms with Crippen LogP contribution >= 0.6 is 0 Å². The first kappa shape index (κ1) is 17.3. The molecule has 0 saturated heterocycles. The molecule has 0 bridgehead atoms. The number of hydrogen-bond donors (Lipinski definition) is 2. The van der Waals surface area contributed by atoms with Crippen molar-refractivity contribution in [2.75, 3.05) is 13.2 Å². The van der Waals surface area contributed by atoms with Crippen LogP contribution in [0.4, 0.5) is 4.79 Å². The maximum absolute atomic E-state index is 11.8. The molecular formula is C18H24N2O3. The second kappa shape index (κ2) is 6.59. The zero-order valence-electron chi connectivity index (χ0n) is 14.0. The van der Waals surface area contributed by atoms with Crippen LogP contribution in [0.25, 0.3) is 0 Å². The van der Waals surface area contributed by atoms with E-state index < -0.39 is 11.6 Å².